The minimum atomic E-state index is -0.136. The number of carbonyl (C=O) groups is 2. The van der Waals surface area contributed by atoms with Crippen molar-refractivity contribution in [2.75, 3.05) is 44.2 Å². The highest BCUT2D eigenvalue weighted by atomic mass is 35.5. The van der Waals surface area contributed by atoms with Gasteiger partial charge in [-0.1, -0.05) is 11.6 Å². The first-order valence-corrected chi connectivity index (χ1v) is 9.96. The molecule has 0 atom stereocenters. The Morgan fingerprint density at radius 2 is 1.61 bits per heavy atom. The van der Waals surface area contributed by atoms with Crippen LogP contribution in [0.4, 0.5) is 5.82 Å². The Bertz CT molecular complexity index is 883. The van der Waals surface area contributed by atoms with Crippen LogP contribution in [0.3, 0.4) is 0 Å². The summed E-state index contributed by atoms with van der Waals surface area (Å²) >= 11 is 6.17. The fraction of sp³-hybridized carbons (Fsp3) is 0.450. The van der Waals surface area contributed by atoms with Crippen LogP contribution in [0.1, 0.15) is 39.5 Å². The number of anilines is 1. The van der Waals surface area contributed by atoms with Gasteiger partial charge in [0.2, 0.25) is 0 Å². The van der Waals surface area contributed by atoms with Gasteiger partial charge in [0.05, 0.1) is 0 Å². The zero-order chi connectivity index (χ0) is 19.7. The summed E-state index contributed by atoms with van der Waals surface area (Å²) in [5.74, 6) is 1.60. The molecule has 0 spiro atoms. The number of hydrogen-bond acceptors (Lipinski definition) is 5. The number of piperazine rings is 1. The molecule has 8 heteroatoms. The molecule has 4 rings (SSSR count). The van der Waals surface area contributed by atoms with Crippen LogP contribution in [0.2, 0.25) is 5.15 Å². The summed E-state index contributed by atoms with van der Waals surface area (Å²) in [6.45, 7) is 5.59. The fourth-order valence-corrected chi connectivity index (χ4v) is 3.92. The van der Waals surface area contributed by atoms with Gasteiger partial charge in [0.15, 0.2) is 5.76 Å². The first kappa shape index (κ1) is 18.8. The molecule has 2 fully saturated rings. The minimum Gasteiger partial charge on any atom is -0.456 e. The Labute approximate surface area is 168 Å². The van der Waals surface area contributed by atoms with Gasteiger partial charge < -0.3 is 19.1 Å². The van der Waals surface area contributed by atoms with Crippen LogP contribution in [-0.2, 0) is 0 Å². The fourth-order valence-electron chi connectivity index (χ4n) is 3.72. The quantitative estimate of drug-likeness (QED) is 0.738. The topological polar surface area (TPSA) is 69.9 Å². The molecule has 2 aromatic heterocycles. The summed E-state index contributed by atoms with van der Waals surface area (Å²) in [5.41, 5.74) is 0.545. The standard InChI is InChI=1S/C20H23ClN4O3/c1-14-4-5-16(28-14)20(27)25-10-8-24(9-11-25)19(26)15-12-17(21)22-18(13-15)23-6-2-3-7-23/h4-5,12-13H,2-3,6-11H2,1H3. The second-order valence-corrected chi connectivity index (χ2v) is 7.61. The lowest BCUT2D eigenvalue weighted by atomic mass is 10.2. The van der Waals surface area contributed by atoms with E-state index in [0.717, 1.165) is 31.7 Å². The lowest BCUT2D eigenvalue weighted by Gasteiger charge is -2.34. The smallest absolute Gasteiger partial charge is 0.289 e. The van der Waals surface area contributed by atoms with Crippen molar-refractivity contribution in [3.05, 3.63) is 46.5 Å². The van der Waals surface area contributed by atoms with Gasteiger partial charge in [-0.25, -0.2) is 4.98 Å². The molecule has 0 bridgehead atoms. The van der Waals surface area contributed by atoms with Crippen LogP contribution >= 0.6 is 11.6 Å². The SMILES string of the molecule is Cc1ccc(C(=O)N2CCN(C(=O)c3cc(Cl)nc(N4CCCC4)c3)CC2)o1. The van der Waals surface area contributed by atoms with Gasteiger partial charge in [0.25, 0.3) is 11.8 Å². The molecule has 2 aliphatic rings. The third-order valence-corrected chi connectivity index (χ3v) is 5.46. The number of amides is 2. The van der Waals surface area contributed by atoms with Crippen LogP contribution in [0.5, 0.6) is 0 Å². The van der Waals surface area contributed by atoms with Crippen molar-refractivity contribution < 1.29 is 14.0 Å². The first-order chi connectivity index (χ1) is 13.5. The second-order valence-electron chi connectivity index (χ2n) is 7.23. The van der Waals surface area contributed by atoms with Gasteiger partial charge in [-0.05, 0) is 44.0 Å². The summed E-state index contributed by atoms with van der Waals surface area (Å²) in [7, 11) is 0. The van der Waals surface area contributed by atoms with Gasteiger partial charge >= 0.3 is 0 Å². The second kappa shape index (κ2) is 7.83. The summed E-state index contributed by atoms with van der Waals surface area (Å²) in [5, 5.41) is 0.328. The van der Waals surface area contributed by atoms with Gasteiger partial charge in [-0.3, -0.25) is 9.59 Å². The van der Waals surface area contributed by atoms with E-state index in [-0.39, 0.29) is 11.8 Å². The maximum Gasteiger partial charge on any atom is 0.289 e. The van der Waals surface area contributed by atoms with Crippen LogP contribution < -0.4 is 4.90 Å². The van der Waals surface area contributed by atoms with E-state index in [4.69, 9.17) is 16.0 Å². The van der Waals surface area contributed by atoms with Crippen molar-refractivity contribution in [3.8, 4) is 0 Å². The number of carbonyl (C=O) groups excluding carboxylic acids is 2. The van der Waals surface area contributed by atoms with Crippen molar-refractivity contribution in [1.82, 2.24) is 14.8 Å². The van der Waals surface area contributed by atoms with Gasteiger partial charge in [-0.2, -0.15) is 0 Å². The number of hydrogen-bond donors (Lipinski definition) is 0. The Hall–Kier alpha value is -2.54. The third kappa shape index (κ3) is 3.85. The lowest BCUT2D eigenvalue weighted by Crippen LogP contribution is -2.50. The summed E-state index contributed by atoms with van der Waals surface area (Å²) < 4.78 is 5.42. The zero-order valence-corrected chi connectivity index (χ0v) is 16.6. The van der Waals surface area contributed by atoms with Crippen molar-refractivity contribution in [2.24, 2.45) is 0 Å². The molecule has 2 saturated heterocycles. The Kier molecular flexibility index (Phi) is 5.26. The number of pyridine rings is 1. The van der Waals surface area contributed by atoms with Crippen LogP contribution in [-0.4, -0.2) is 65.9 Å². The van der Waals surface area contributed by atoms with Gasteiger partial charge in [0.1, 0.15) is 16.7 Å². The highest BCUT2D eigenvalue weighted by molar-refractivity contribution is 6.29. The molecule has 0 unspecified atom stereocenters. The van der Waals surface area contributed by atoms with E-state index < -0.39 is 0 Å². The minimum absolute atomic E-state index is 0.0781. The van der Waals surface area contributed by atoms with E-state index >= 15 is 0 Å². The summed E-state index contributed by atoms with van der Waals surface area (Å²) in [4.78, 5) is 35.5. The van der Waals surface area contributed by atoms with E-state index in [1.165, 1.54) is 0 Å². The van der Waals surface area contributed by atoms with Crippen LogP contribution in [0.25, 0.3) is 0 Å². The molecule has 0 radical (unpaired) electrons. The molecule has 28 heavy (non-hydrogen) atoms. The number of nitrogens with zero attached hydrogens (tertiary/aromatic N) is 4. The molecule has 4 heterocycles. The normalized spacial score (nSPS) is 17.3. The highest BCUT2D eigenvalue weighted by Gasteiger charge is 2.27. The van der Waals surface area contributed by atoms with Crippen molar-refractivity contribution >= 4 is 29.2 Å². The molecule has 0 aromatic carbocycles. The molecular weight excluding hydrogens is 380 g/mol. The molecule has 2 aliphatic heterocycles. The summed E-state index contributed by atoms with van der Waals surface area (Å²) in [6, 6.07) is 6.90. The predicted octanol–water partition coefficient (Wildman–Crippen LogP) is 2.83. The largest absolute Gasteiger partial charge is 0.456 e. The molecule has 0 aliphatic carbocycles. The number of furan rings is 1. The third-order valence-electron chi connectivity index (χ3n) is 5.26. The molecule has 0 N–H and O–H groups in total. The predicted molar refractivity (Wildman–Crippen MR) is 106 cm³/mol. The molecule has 7 nitrogen and oxygen atoms in total. The average Bonchev–Trinajstić information content (AvgIpc) is 3.38. The maximum absolute atomic E-state index is 13.0. The summed E-state index contributed by atoms with van der Waals surface area (Å²) in [6.07, 6.45) is 2.26. The number of aromatic nitrogens is 1. The monoisotopic (exact) mass is 402 g/mol. The Morgan fingerprint density at radius 1 is 0.964 bits per heavy atom. The van der Waals surface area contributed by atoms with E-state index in [1.54, 1.807) is 28.0 Å². The maximum atomic E-state index is 13.0. The van der Waals surface area contributed by atoms with E-state index in [1.807, 2.05) is 13.0 Å². The van der Waals surface area contributed by atoms with E-state index in [0.29, 0.717) is 48.4 Å². The van der Waals surface area contributed by atoms with Gasteiger partial charge in [0, 0.05) is 44.8 Å². The van der Waals surface area contributed by atoms with Gasteiger partial charge in [-0.15, -0.1) is 0 Å². The Morgan fingerprint density at radius 3 is 2.21 bits per heavy atom. The molecule has 2 aromatic rings. The van der Waals surface area contributed by atoms with Crippen molar-refractivity contribution in [2.45, 2.75) is 19.8 Å². The van der Waals surface area contributed by atoms with Crippen LogP contribution in [0, 0.1) is 6.92 Å². The first-order valence-electron chi connectivity index (χ1n) is 9.59. The van der Waals surface area contributed by atoms with E-state index in [2.05, 4.69) is 9.88 Å². The number of halogens is 1. The molecule has 2 amide bonds. The number of rotatable bonds is 3. The molecular formula is C20H23ClN4O3. The number of aryl methyl sites for hydroxylation is 1. The molecule has 0 saturated carbocycles. The average molecular weight is 403 g/mol. The Balaban J connectivity index is 1.42. The lowest BCUT2D eigenvalue weighted by molar-refractivity contribution is 0.0517. The van der Waals surface area contributed by atoms with Crippen LogP contribution in [0.15, 0.2) is 28.7 Å². The van der Waals surface area contributed by atoms with E-state index in [9.17, 15) is 9.59 Å². The molecule has 148 valence electrons. The zero-order valence-electron chi connectivity index (χ0n) is 15.9. The van der Waals surface area contributed by atoms with Crippen molar-refractivity contribution in [1.29, 1.82) is 0 Å². The highest BCUT2D eigenvalue weighted by Crippen LogP contribution is 2.23. The van der Waals surface area contributed by atoms with Crippen molar-refractivity contribution in [3.63, 3.8) is 0 Å².